The molecule has 0 heteroatoms. The molecule has 2 saturated carbocycles. The van der Waals surface area contributed by atoms with Crippen LogP contribution in [0.4, 0.5) is 0 Å². The van der Waals surface area contributed by atoms with E-state index in [1.807, 2.05) is 0 Å². The Morgan fingerprint density at radius 2 is 1.93 bits per heavy atom. The van der Waals surface area contributed by atoms with E-state index in [4.69, 9.17) is 0 Å². The maximum absolute atomic E-state index is 2.67. The molecule has 0 spiro atoms. The summed E-state index contributed by atoms with van der Waals surface area (Å²) in [6, 6.07) is 0. The fourth-order valence-electron chi connectivity index (χ4n) is 5.54. The molecule has 2 bridgehead atoms. The summed E-state index contributed by atoms with van der Waals surface area (Å²) in [5, 5.41) is 0. The van der Waals surface area contributed by atoms with Crippen LogP contribution in [0.1, 0.15) is 59.8 Å². The normalized spacial score (nSPS) is 51.5. The van der Waals surface area contributed by atoms with Crippen molar-refractivity contribution in [2.45, 2.75) is 59.8 Å². The minimum absolute atomic E-state index is 0.587. The second-order valence-electron chi connectivity index (χ2n) is 7.32. The van der Waals surface area contributed by atoms with Crippen molar-refractivity contribution in [3.05, 3.63) is 11.6 Å². The maximum Gasteiger partial charge on any atom is -0.00537 e. The predicted molar refractivity (Wildman–Crippen MR) is 64.7 cm³/mol. The molecular formula is C15H24. The first kappa shape index (κ1) is 9.93. The fourth-order valence-corrected chi connectivity index (χ4v) is 5.54. The molecule has 0 radical (unpaired) electrons. The van der Waals surface area contributed by atoms with E-state index < -0.39 is 0 Å². The molecule has 0 aromatic heterocycles. The van der Waals surface area contributed by atoms with Crippen molar-refractivity contribution in [1.29, 1.82) is 0 Å². The number of allylic oxidation sites excluding steroid dienone is 2. The smallest absolute Gasteiger partial charge is 0.00537 e. The van der Waals surface area contributed by atoms with Gasteiger partial charge in [0, 0.05) is 0 Å². The summed E-state index contributed by atoms with van der Waals surface area (Å²) in [5.74, 6) is 0.981. The van der Waals surface area contributed by atoms with Crippen LogP contribution in [0.3, 0.4) is 0 Å². The van der Waals surface area contributed by atoms with Gasteiger partial charge < -0.3 is 0 Å². The van der Waals surface area contributed by atoms with Crippen molar-refractivity contribution in [2.75, 3.05) is 0 Å². The first-order chi connectivity index (χ1) is 6.90. The van der Waals surface area contributed by atoms with Gasteiger partial charge in [0.05, 0.1) is 0 Å². The largest absolute Gasteiger partial charge is 0.0788 e. The van der Waals surface area contributed by atoms with E-state index in [0.717, 1.165) is 5.92 Å². The highest BCUT2D eigenvalue weighted by Crippen LogP contribution is 2.75. The van der Waals surface area contributed by atoms with Crippen molar-refractivity contribution in [2.24, 2.45) is 22.2 Å². The standard InChI is InChI=1S/C15H24/c1-11-5-7-14(4)12-6-8-15(14,9-11)10-13(12,2)3/h9,12H,5-8,10H2,1-4H3/t12?,14-,15?/m0/s1. The first-order valence-electron chi connectivity index (χ1n) is 6.58. The summed E-state index contributed by atoms with van der Waals surface area (Å²) in [5.41, 5.74) is 3.47. The minimum Gasteiger partial charge on any atom is -0.0788 e. The fraction of sp³-hybridized carbons (Fsp3) is 0.867. The van der Waals surface area contributed by atoms with Crippen LogP contribution >= 0.6 is 0 Å². The summed E-state index contributed by atoms with van der Waals surface area (Å²) in [7, 11) is 0. The highest BCUT2D eigenvalue weighted by Gasteiger charge is 2.67. The van der Waals surface area contributed by atoms with Crippen LogP contribution in [-0.4, -0.2) is 0 Å². The van der Waals surface area contributed by atoms with E-state index in [2.05, 4.69) is 33.8 Å². The lowest BCUT2D eigenvalue weighted by Crippen LogP contribution is -2.34. The van der Waals surface area contributed by atoms with E-state index in [-0.39, 0.29) is 0 Å². The summed E-state index contributed by atoms with van der Waals surface area (Å²) < 4.78 is 0. The number of hydrogen-bond donors (Lipinski definition) is 0. The average Bonchev–Trinajstić information content (AvgIpc) is 2.46. The Hall–Kier alpha value is -0.260. The van der Waals surface area contributed by atoms with Gasteiger partial charge in [-0.2, -0.15) is 0 Å². The molecule has 0 aliphatic heterocycles. The van der Waals surface area contributed by atoms with E-state index in [1.54, 1.807) is 5.57 Å². The van der Waals surface area contributed by atoms with E-state index in [9.17, 15) is 0 Å². The Morgan fingerprint density at radius 1 is 1.20 bits per heavy atom. The van der Waals surface area contributed by atoms with Crippen molar-refractivity contribution in [1.82, 2.24) is 0 Å². The molecule has 3 aliphatic rings. The van der Waals surface area contributed by atoms with Gasteiger partial charge in [0.2, 0.25) is 0 Å². The van der Waals surface area contributed by atoms with Gasteiger partial charge in [-0.25, -0.2) is 0 Å². The van der Waals surface area contributed by atoms with Crippen LogP contribution in [0, 0.1) is 22.2 Å². The SMILES string of the molecule is CC1=CC23CCC(C(C)(C)C2)[C@]3(C)CC1. The third kappa shape index (κ3) is 0.990. The molecular weight excluding hydrogens is 180 g/mol. The van der Waals surface area contributed by atoms with Gasteiger partial charge in [0.1, 0.15) is 0 Å². The molecule has 2 fully saturated rings. The lowest BCUT2D eigenvalue weighted by Gasteiger charge is -2.43. The Bertz CT molecular complexity index is 336. The topological polar surface area (TPSA) is 0 Å². The Labute approximate surface area is 94.1 Å². The van der Waals surface area contributed by atoms with Gasteiger partial charge in [-0.05, 0) is 61.2 Å². The van der Waals surface area contributed by atoms with Crippen LogP contribution in [0.5, 0.6) is 0 Å². The van der Waals surface area contributed by atoms with Gasteiger partial charge in [-0.1, -0.05) is 32.4 Å². The van der Waals surface area contributed by atoms with Crippen molar-refractivity contribution >= 4 is 0 Å². The lowest BCUT2D eigenvalue weighted by molar-refractivity contribution is 0.120. The van der Waals surface area contributed by atoms with Gasteiger partial charge >= 0.3 is 0 Å². The maximum atomic E-state index is 2.67. The molecule has 0 aromatic carbocycles. The van der Waals surface area contributed by atoms with Gasteiger partial charge in [0.15, 0.2) is 0 Å². The summed E-state index contributed by atoms with van der Waals surface area (Å²) >= 11 is 0. The third-order valence-corrected chi connectivity index (χ3v) is 6.06. The zero-order valence-corrected chi connectivity index (χ0v) is 10.7. The quantitative estimate of drug-likeness (QED) is 0.507. The second-order valence-corrected chi connectivity index (χ2v) is 7.32. The first-order valence-corrected chi connectivity index (χ1v) is 6.58. The monoisotopic (exact) mass is 204 g/mol. The molecule has 2 unspecified atom stereocenters. The Morgan fingerprint density at radius 3 is 2.60 bits per heavy atom. The molecule has 0 aromatic rings. The highest BCUT2D eigenvalue weighted by molar-refractivity contribution is 5.28. The van der Waals surface area contributed by atoms with E-state index in [0.29, 0.717) is 16.2 Å². The molecule has 0 saturated heterocycles. The minimum atomic E-state index is 0.587. The van der Waals surface area contributed by atoms with Crippen LogP contribution in [-0.2, 0) is 0 Å². The second kappa shape index (κ2) is 2.52. The zero-order chi connectivity index (χ0) is 10.9. The summed E-state index contributed by atoms with van der Waals surface area (Å²) in [6.07, 6.45) is 9.86. The average molecular weight is 204 g/mol. The lowest BCUT2D eigenvalue weighted by atomic mass is 9.62. The van der Waals surface area contributed by atoms with E-state index >= 15 is 0 Å². The van der Waals surface area contributed by atoms with Crippen molar-refractivity contribution in [3.8, 4) is 0 Å². The molecule has 15 heavy (non-hydrogen) atoms. The zero-order valence-electron chi connectivity index (χ0n) is 10.7. The molecule has 0 N–H and O–H groups in total. The predicted octanol–water partition coefficient (Wildman–Crippen LogP) is 4.56. The molecule has 0 nitrogen and oxygen atoms in total. The van der Waals surface area contributed by atoms with Crippen LogP contribution < -0.4 is 0 Å². The van der Waals surface area contributed by atoms with Crippen LogP contribution in [0.15, 0.2) is 11.6 Å². The van der Waals surface area contributed by atoms with Crippen molar-refractivity contribution < 1.29 is 0 Å². The van der Waals surface area contributed by atoms with Gasteiger partial charge in [-0.15, -0.1) is 0 Å². The Kier molecular flexibility index (Phi) is 1.67. The molecule has 3 rings (SSSR count). The summed E-state index contributed by atoms with van der Waals surface area (Å²) in [6.45, 7) is 9.94. The highest BCUT2D eigenvalue weighted by atomic mass is 14.7. The number of hydrogen-bond acceptors (Lipinski definition) is 0. The molecule has 3 aliphatic carbocycles. The Balaban J connectivity index is 2.14. The number of rotatable bonds is 0. The van der Waals surface area contributed by atoms with Crippen molar-refractivity contribution in [3.63, 3.8) is 0 Å². The van der Waals surface area contributed by atoms with Gasteiger partial charge in [0.25, 0.3) is 0 Å². The summed E-state index contributed by atoms with van der Waals surface area (Å²) in [4.78, 5) is 0. The molecule has 84 valence electrons. The van der Waals surface area contributed by atoms with Gasteiger partial charge in [-0.3, -0.25) is 0 Å². The molecule has 0 heterocycles. The third-order valence-electron chi connectivity index (χ3n) is 6.06. The van der Waals surface area contributed by atoms with Crippen LogP contribution in [0.2, 0.25) is 0 Å². The molecule has 3 atom stereocenters. The molecule has 0 amide bonds. The van der Waals surface area contributed by atoms with Crippen LogP contribution in [0.25, 0.3) is 0 Å². The van der Waals surface area contributed by atoms with E-state index in [1.165, 1.54) is 32.1 Å².